The van der Waals surface area contributed by atoms with Gasteiger partial charge in [-0.3, -0.25) is 9.48 Å². The zero-order chi connectivity index (χ0) is 18.8. The number of pyridine rings is 2. The minimum atomic E-state index is 0.0961. The van der Waals surface area contributed by atoms with Crippen LogP contribution in [0.2, 0.25) is 0 Å². The number of fused-ring (bicyclic) bond motifs is 3. The number of hydrogen-bond acceptors (Lipinski definition) is 6. The summed E-state index contributed by atoms with van der Waals surface area (Å²) in [6.45, 7) is 1.30. The van der Waals surface area contributed by atoms with E-state index in [4.69, 9.17) is 9.72 Å². The lowest BCUT2D eigenvalue weighted by Crippen LogP contribution is -2.40. The Morgan fingerprint density at radius 3 is 3.14 bits per heavy atom. The molecular weight excluding hydrogens is 374 g/mol. The van der Waals surface area contributed by atoms with Crippen molar-refractivity contribution in [2.24, 2.45) is 7.05 Å². The first-order valence-corrected chi connectivity index (χ1v) is 10.1. The maximum absolute atomic E-state index is 12.9. The van der Waals surface area contributed by atoms with Crippen LogP contribution < -0.4 is 0 Å². The van der Waals surface area contributed by atoms with Crippen molar-refractivity contribution in [3.05, 3.63) is 41.5 Å². The van der Waals surface area contributed by atoms with Crippen molar-refractivity contribution < 1.29 is 9.53 Å². The first kappa shape index (κ1) is 16.1. The van der Waals surface area contributed by atoms with Crippen LogP contribution in [0.15, 0.2) is 36.7 Å². The van der Waals surface area contributed by atoms with E-state index in [2.05, 4.69) is 10.1 Å². The number of carbonyl (C=O) groups is 1. The minimum absolute atomic E-state index is 0.0961. The van der Waals surface area contributed by atoms with Crippen molar-refractivity contribution in [1.82, 2.24) is 24.6 Å². The Balaban J connectivity index is 1.35. The molecule has 0 aromatic carbocycles. The molecule has 4 aromatic rings. The molecule has 7 nitrogen and oxygen atoms in total. The Morgan fingerprint density at radius 2 is 2.21 bits per heavy atom. The summed E-state index contributed by atoms with van der Waals surface area (Å²) in [7, 11) is 1.88. The van der Waals surface area contributed by atoms with E-state index in [9.17, 15) is 4.79 Å². The number of aryl methyl sites for hydroxylation is 1. The Morgan fingerprint density at radius 1 is 1.29 bits per heavy atom. The molecule has 140 valence electrons. The Kier molecular flexibility index (Phi) is 3.36. The molecule has 6 rings (SSSR count). The predicted molar refractivity (Wildman–Crippen MR) is 106 cm³/mol. The maximum atomic E-state index is 12.9. The van der Waals surface area contributed by atoms with Crippen LogP contribution in [0.3, 0.4) is 0 Å². The molecule has 8 heteroatoms. The third-order valence-electron chi connectivity index (χ3n) is 5.39. The highest BCUT2D eigenvalue weighted by molar-refractivity contribution is 7.20. The topological polar surface area (TPSA) is 73.1 Å². The number of nitrogens with zero attached hydrogens (tertiary/aromatic N) is 5. The fourth-order valence-electron chi connectivity index (χ4n) is 3.89. The highest BCUT2D eigenvalue weighted by Gasteiger charge is 2.48. The van der Waals surface area contributed by atoms with Gasteiger partial charge < -0.3 is 9.64 Å². The van der Waals surface area contributed by atoms with Gasteiger partial charge in [-0.1, -0.05) is 0 Å². The van der Waals surface area contributed by atoms with Gasteiger partial charge in [0.15, 0.2) is 5.65 Å². The molecule has 2 fully saturated rings. The number of morpholine rings is 1. The smallest absolute Gasteiger partial charge is 0.264 e. The SMILES string of the molecule is Cn1cc2cc(-c3ccc4cc(C(=O)N5CCOC6CC65)sc4n3)cnc2n1. The number of carbonyl (C=O) groups excluding carboxylic acids is 1. The van der Waals surface area contributed by atoms with Crippen LogP contribution in [0, 0.1) is 0 Å². The summed E-state index contributed by atoms with van der Waals surface area (Å²) in [5.41, 5.74) is 2.51. The molecular formula is C20H17N5O2S. The zero-order valence-corrected chi connectivity index (χ0v) is 16.0. The molecule has 28 heavy (non-hydrogen) atoms. The Bertz CT molecular complexity index is 1250. The van der Waals surface area contributed by atoms with Crippen LogP contribution >= 0.6 is 11.3 Å². The van der Waals surface area contributed by atoms with E-state index in [1.807, 2.05) is 42.4 Å². The van der Waals surface area contributed by atoms with E-state index in [0.29, 0.717) is 13.2 Å². The Labute approximate surface area is 164 Å². The first-order valence-electron chi connectivity index (χ1n) is 9.29. The van der Waals surface area contributed by atoms with Gasteiger partial charge in [0.1, 0.15) is 4.83 Å². The second-order valence-corrected chi connectivity index (χ2v) is 8.38. The maximum Gasteiger partial charge on any atom is 0.264 e. The molecule has 0 spiro atoms. The monoisotopic (exact) mass is 391 g/mol. The van der Waals surface area contributed by atoms with Gasteiger partial charge in [0.25, 0.3) is 5.91 Å². The predicted octanol–water partition coefficient (Wildman–Crippen LogP) is 2.86. The van der Waals surface area contributed by atoms with Gasteiger partial charge >= 0.3 is 0 Å². The molecule has 4 aromatic heterocycles. The third kappa shape index (κ3) is 2.52. The standard InChI is InChI=1S/C20H17N5O2S/c1-24-10-13-6-12(9-21-18(13)23-24)14-3-2-11-7-17(28-19(11)22-14)20(26)25-4-5-27-16-8-15(16)25/h2-3,6-7,9-10,15-16H,4-5,8H2,1H3. The van der Waals surface area contributed by atoms with E-state index in [0.717, 1.165) is 43.8 Å². The van der Waals surface area contributed by atoms with E-state index in [1.165, 1.54) is 11.3 Å². The van der Waals surface area contributed by atoms with Crippen LogP contribution in [0.25, 0.3) is 32.5 Å². The average molecular weight is 391 g/mol. The highest BCUT2D eigenvalue weighted by Crippen LogP contribution is 2.37. The summed E-state index contributed by atoms with van der Waals surface area (Å²) in [6, 6.07) is 8.26. The van der Waals surface area contributed by atoms with Gasteiger partial charge in [0, 0.05) is 42.3 Å². The lowest BCUT2D eigenvalue weighted by Gasteiger charge is -2.26. The summed E-state index contributed by atoms with van der Waals surface area (Å²) in [5, 5.41) is 6.29. The summed E-state index contributed by atoms with van der Waals surface area (Å²) in [4.78, 5) is 25.7. The van der Waals surface area contributed by atoms with E-state index >= 15 is 0 Å². The van der Waals surface area contributed by atoms with Crippen molar-refractivity contribution in [2.75, 3.05) is 13.2 Å². The summed E-state index contributed by atoms with van der Waals surface area (Å²) in [6.07, 6.45) is 4.94. The summed E-state index contributed by atoms with van der Waals surface area (Å²) < 4.78 is 7.36. The number of ether oxygens (including phenoxy) is 1. The number of amides is 1. The lowest BCUT2D eigenvalue weighted by atomic mass is 10.1. The van der Waals surface area contributed by atoms with Crippen molar-refractivity contribution in [3.63, 3.8) is 0 Å². The van der Waals surface area contributed by atoms with Gasteiger partial charge in [-0.15, -0.1) is 11.3 Å². The van der Waals surface area contributed by atoms with Gasteiger partial charge in [-0.25, -0.2) is 9.97 Å². The van der Waals surface area contributed by atoms with Gasteiger partial charge in [0.2, 0.25) is 0 Å². The highest BCUT2D eigenvalue weighted by atomic mass is 32.1. The number of rotatable bonds is 2. The second-order valence-electron chi connectivity index (χ2n) is 7.35. The molecule has 1 aliphatic carbocycles. The molecule has 2 unspecified atom stereocenters. The van der Waals surface area contributed by atoms with Crippen LogP contribution in [-0.4, -0.2) is 55.9 Å². The molecule has 2 atom stereocenters. The molecule has 2 aliphatic rings. The van der Waals surface area contributed by atoms with Crippen molar-refractivity contribution in [3.8, 4) is 11.3 Å². The fraction of sp³-hybridized carbons (Fsp3) is 0.300. The summed E-state index contributed by atoms with van der Waals surface area (Å²) in [5.74, 6) is 0.0961. The quantitative estimate of drug-likeness (QED) is 0.525. The minimum Gasteiger partial charge on any atom is -0.374 e. The molecule has 0 bridgehead atoms. The molecule has 1 saturated heterocycles. The van der Waals surface area contributed by atoms with E-state index < -0.39 is 0 Å². The van der Waals surface area contributed by atoms with E-state index in [1.54, 1.807) is 10.9 Å². The molecule has 1 amide bonds. The van der Waals surface area contributed by atoms with Crippen LogP contribution in [0.5, 0.6) is 0 Å². The van der Waals surface area contributed by atoms with Crippen molar-refractivity contribution >= 4 is 38.5 Å². The van der Waals surface area contributed by atoms with Crippen LogP contribution in [0.4, 0.5) is 0 Å². The molecule has 0 radical (unpaired) electrons. The largest absolute Gasteiger partial charge is 0.374 e. The van der Waals surface area contributed by atoms with Crippen molar-refractivity contribution in [2.45, 2.75) is 18.6 Å². The van der Waals surface area contributed by atoms with Gasteiger partial charge in [0.05, 0.1) is 29.3 Å². The zero-order valence-electron chi connectivity index (χ0n) is 15.2. The number of hydrogen-bond donors (Lipinski definition) is 0. The lowest BCUT2D eigenvalue weighted by molar-refractivity contribution is 0.0265. The fourth-order valence-corrected chi connectivity index (χ4v) is 4.87. The van der Waals surface area contributed by atoms with Crippen LogP contribution in [-0.2, 0) is 11.8 Å². The van der Waals surface area contributed by atoms with E-state index in [-0.39, 0.29) is 18.1 Å². The Hall–Kier alpha value is -2.84. The van der Waals surface area contributed by atoms with Crippen molar-refractivity contribution in [1.29, 1.82) is 0 Å². The van der Waals surface area contributed by atoms with Gasteiger partial charge in [-0.2, -0.15) is 5.10 Å². The number of thiophene rings is 1. The first-order chi connectivity index (χ1) is 13.7. The average Bonchev–Trinajstić information content (AvgIpc) is 3.22. The molecule has 5 heterocycles. The molecule has 1 saturated carbocycles. The third-order valence-corrected chi connectivity index (χ3v) is 6.42. The van der Waals surface area contributed by atoms with Crippen LogP contribution in [0.1, 0.15) is 16.1 Å². The van der Waals surface area contributed by atoms with Gasteiger partial charge in [-0.05, 0) is 30.7 Å². The molecule has 0 N–H and O–H groups in total. The second kappa shape index (κ2) is 5.83. The molecule has 1 aliphatic heterocycles. The summed E-state index contributed by atoms with van der Waals surface area (Å²) >= 11 is 1.46. The number of aromatic nitrogens is 4. The normalized spacial score (nSPS) is 21.2.